The van der Waals surface area contributed by atoms with Crippen LogP contribution in [0.15, 0.2) is 18.2 Å². The zero-order valence-corrected chi connectivity index (χ0v) is 11.1. The minimum absolute atomic E-state index is 0.656. The van der Waals surface area contributed by atoms with Crippen molar-refractivity contribution in [2.45, 2.75) is 32.2 Å². The average molecular weight is 254 g/mol. The largest absolute Gasteiger partial charge is 0.350 e. The van der Waals surface area contributed by atoms with Gasteiger partial charge in [0.25, 0.3) is 0 Å². The fourth-order valence-electron chi connectivity index (χ4n) is 4.76. The van der Waals surface area contributed by atoms with Gasteiger partial charge in [-0.3, -0.25) is 0 Å². The Morgan fingerprint density at radius 1 is 1.21 bits per heavy atom. The van der Waals surface area contributed by atoms with E-state index in [2.05, 4.69) is 28.4 Å². The van der Waals surface area contributed by atoms with Crippen molar-refractivity contribution in [1.82, 2.24) is 14.6 Å². The summed E-state index contributed by atoms with van der Waals surface area (Å²) in [5.74, 6) is 4.64. The summed E-state index contributed by atoms with van der Waals surface area (Å²) in [6, 6.07) is 6.78. The molecule has 3 saturated carbocycles. The Labute approximate surface area is 112 Å². The van der Waals surface area contributed by atoms with Crippen LogP contribution in [0.25, 0.3) is 5.65 Å². The van der Waals surface area contributed by atoms with Gasteiger partial charge >= 0.3 is 0 Å². The lowest BCUT2D eigenvalue weighted by molar-refractivity contribution is 0.456. The van der Waals surface area contributed by atoms with Crippen LogP contribution in [0.4, 0.5) is 5.95 Å². The Kier molecular flexibility index (Phi) is 1.78. The van der Waals surface area contributed by atoms with E-state index in [9.17, 15) is 0 Å². The van der Waals surface area contributed by atoms with Crippen LogP contribution >= 0.6 is 0 Å². The van der Waals surface area contributed by atoms with Gasteiger partial charge in [-0.15, -0.1) is 5.10 Å². The lowest BCUT2D eigenvalue weighted by atomic mass is 10.0. The number of nitrogens with zero attached hydrogens (tertiary/aromatic N) is 3. The summed E-state index contributed by atoms with van der Waals surface area (Å²) in [5, 5.41) is 8.18. The molecule has 98 valence electrons. The Bertz CT molecular complexity index is 645. The lowest BCUT2D eigenvalue weighted by Crippen LogP contribution is -2.13. The smallest absolute Gasteiger partial charge is 0.243 e. The molecule has 3 fully saturated rings. The van der Waals surface area contributed by atoms with Gasteiger partial charge in [0.15, 0.2) is 5.65 Å². The van der Waals surface area contributed by atoms with Gasteiger partial charge in [0.05, 0.1) is 0 Å². The van der Waals surface area contributed by atoms with E-state index in [4.69, 9.17) is 0 Å². The van der Waals surface area contributed by atoms with Crippen LogP contribution in [0.5, 0.6) is 0 Å². The lowest BCUT2D eigenvalue weighted by Gasteiger charge is -2.08. The summed E-state index contributed by atoms with van der Waals surface area (Å²) in [7, 11) is 0. The maximum atomic E-state index is 4.59. The van der Waals surface area contributed by atoms with E-state index in [0.29, 0.717) is 6.04 Å². The van der Waals surface area contributed by atoms with Crippen LogP contribution < -0.4 is 5.32 Å². The zero-order chi connectivity index (χ0) is 12.6. The zero-order valence-electron chi connectivity index (χ0n) is 11.1. The molecule has 19 heavy (non-hydrogen) atoms. The second kappa shape index (κ2) is 3.30. The van der Waals surface area contributed by atoms with Gasteiger partial charge in [0.2, 0.25) is 5.95 Å². The highest BCUT2D eigenvalue weighted by molar-refractivity contribution is 5.46. The molecule has 1 N–H and O–H groups in total. The average Bonchev–Trinajstić information content (AvgIpc) is 2.81. The number of rotatable bonds is 2. The van der Waals surface area contributed by atoms with Gasteiger partial charge in [0.1, 0.15) is 0 Å². The fourth-order valence-corrected chi connectivity index (χ4v) is 4.76. The molecule has 3 aliphatic rings. The van der Waals surface area contributed by atoms with E-state index in [1.165, 1.54) is 19.3 Å². The van der Waals surface area contributed by atoms with Gasteiger partial charge in [-0.1, -0.05) is 6.07 Å². The predicted molar refractivity (Wildman–Crippen MR) is 72.9 cm³/mol. The van der Waals surface area contributed by atoms with E-state index >= 15 is 0 Å². The monoisotopic (exact) mass is 254 g/mol. The van der Waals surface area contributed by atoms with E-state index in [0.717, 1.165) is 41.0 Å². The number of anilines is 1. The molecule has 2 aromatic heterocycles. The number of hydrogen-bond donors (Lipinski definition) is 1. The van der Waals surface area contributed by atoms with Crippen molar-refractivity contribution >= 4 is 11.6 Å². The number of nitrogens with one attached hydrogen (secondary N) is 1. The predicted octanol–water partition coefficient (Wildman–Crippen LogP) is 2.49. The van der Waals surface area contributed by atoms with Crippen molar-refractivity contribution in [2.75, 3.05) is 5.32 Å². The van der Waals surface area contributed by atoms with E-state index in [1.807, 2.05) is 16.6 Å². The van der Waals surface area contributed by atoms with Gasteiger partial charge < -0.3 is 5.32 Å². The molecule has 4 atom stereocenters. The molecule has 0 spiro atoms. The van der Waals surface area contributed by atoms with E-state index < -0.39 is 0 Å². The van der Waals surface area contributed by atoms with E-state index in [-0.39, 0.29) is 0 Å². The highest BCUT2D eigenvalue weighted by atomic mass is 15.4. The van der Waals surface area contributed by atoms with Gasteiger partial charge in [-0.25, -0.2) is 4.52 Å². The molecule has 4 unspecified atom stereocenters. The number of aryl methyl sites for hydroxylation is 1. The number of aromatic nitrogens is 3. The van der Waals surface area contributed by atoms with Crippen molar-refractivity contribution in [2.24, 2.45) is 23.7 Å². The van der Waals surface area contributed by atoms with Gasteiger partial charge in [-0.05, 0) is 62.0 Å². The maximum absolute atomic E-state index is 4.59. The molecule has 4 nitrogen and oxygen atoms in total. The first-order valence-corrected chi connectivity index (χ1v) is 7.40. The first-order valence-electron chi connectivity index (χ1n) is 7.40. The molecule has 0 radical (unpaired) electrons. The number of pyridine rings is 1. The van der Waals surface area contributed by atoms with Crippen LogP contribution in [0.2, 0.25) is 0 Å². The number of fused-ring (bicyclic) bond motifs is 6. The topological polar surface area (TPSA) is 42.2 Å². The SMILES string of the molecule is Cc1cccc2nc(NC3C4C5CCC(C5)C34)nn12. The summed E-state index contributed by atoms with van der Waals surface area (Å²) in [6.45, 7) is 2.07. The fraction of sp³-hybridized carbons (Fsp3) is 0.600. The van der Waals surface area contributed by atoms with Crippen LogP contribution in [0.1, 0.15) is 25.0 Å². The maximum Gasteiger partial charge on any atom is 0.243 e. The summed E-state index contributed by atoms with van der Waals surface area (Å²) in [4.78, 5) is 4.59. The summed E-state index contributed by atoms with van der Waals surface area (Å²) >= 11 is 0. The first-order chi connectivity index (χ1) is 9.31. The minimum Gasteiger partial charge on any atom is -0.350 e. The normalized spacial score (nSPS) is 38.7. The Morgan fingerprint density at radius 3 is 2.74 bits per heavy atom. The molecular weight excluding hydrogens is 236 g/mol. The van der Waals surface area contributed by atoms with Crippen molar-refractivity contribution in [3.63, 3.8) is 0 Å². The standard InChI is InChI=1S/C15H18N4/c1-8-3-2-4-11-16-15(18-19(8)11)17-14-12-9-5-6-10(7-9)13(12)14/h2-4,9-10,12-14H,5-7H2,1H3,(H,17,18). The summed E-state index contributed by atoms with van der Waals surface area (Å²) in [6.07, 6.45) is 4.41. The molecule has 0 aromatic carbocycles. The molecular formula is C15H18N4. The number of hydrogen-bond acceptors (Lipinski definition) is 3. The third kappa shape index (κ3) is 1.29. The van der Waals surface area contributed by atoms with E-state index in [1.54, 1.807) is 0 Å². The molecule has 3 aliphatic carbocycles. The second-order valence-electron chi connectivity index (χ2n) is 6.53. The minimum atomic E-state index is 0.656. The van der Waals surface area contributed by atoms with Gasteiger partial charge in [-0.2, -0.15) is 4.98 Å². The second-order valence-corrected chi connectivity index (χ2v) is 6.53. The molecule has 5 rings (SSSR count). The van der Waals surface area contributed by atoms with Crippen molar-refractivity contribution in [1.29, 1.82) is 0 Å². The first kappa shape index (κ1) is 10.2. The molecule has 0 saturated heterocycles. The van der Waals surface area contributed by atoms with Crippen molar-refractivity contribution < 1.29 is 0 Å². The quantitative estimate of drug-likeness (QED) is 0.895. The van der Waals surface area contributed by atoms with Crippen molar-refractivity contribution in [3.8, 4) is 0 Å². The van der Waals surface area contributed by atoms with Crippen LogP contribution in [0, 0.1) is 30.6 Å². The molecule has 4 heteroatoms. The third-order valence-electron chi connectivity index (χ3n) is 5.58. The Hall–Kier alpha value is -1.58. The molecule has 2 aromatic rings. The summed E-state index contributed by atoms with van der Waals surface area (Å²) in [5.41, 5.74) is 2.07. The Balaban J connectivity index is 1.43. The molecule has 2 heterocycles. The molecule has 2 bridgehead atoms. The molecule has 0 aliphatic heterocycles. The third-order valence-corrected chi connectivity index (χ3v) is 5.58. The van der Waals surface area contributed by atoms with Crippen molar-refractivity contribution in [3.05, 3.63) is 23.9 Å². The highest BCUT2D eigenvalue weighted by Crippen LogP contribution is 2.66. The molecule has 0 amide bonds. The van der Waals surface area contributed by atoms with Crippen LogP contribution in [0.3, 0.4) is 0 Å². The van der Waals surface area contributed by atoms with Crippen LogP contribution in [-0.4, -0.2) is 20.6 Å². The highest BCUT2D eigenvalue weighted by Gasteiger charge is 2.65. The summed E-state index contributed by atoms with van der Waals surface area (Å²) < 4.78 is 1.93. The van der Waals surface area contributed by atoms with Crippen LogP contribution in [-0.2, 0) is 0 Å². The Morgan fingerprint density at radius 2 is 2.00 bits per heavy atom. The van der Waals surface area contributed by atoms with Gasteiger partial charge in [0, 0.05) is 11.7 Å².